The van der Waals surface area contributed by atoms with E-state index in [0.29, 0.717) is 0 Å². The van der Waals surface area contributed by atoms with Crippen molar-refractivity contribution in [3.8, 4) is 5.75 Å². The van der Waals surface area contributed by atoms with Gasteiger partial charge in [0.05, 0.1) is 18.7 Å². The van der Waals surface area contributed by atoms with E-state index in [0.717, 1.165) is 12.1 Å². The maximum atomic E-state index is 12.8. The number of hydrogen-bond acceptors (Lipinski definition) is 2. The molecule has 14 heavy (non-hydrogen) atoms. The second-order valence-corrected chi connectivity index (χ2v) is 2.91. The van der Waals surface area contributed by atoms with E-state index >= 15 is 0 Å². The molecule has 0 spiro atoms. The van der Waals surface area contributed by atoms with Gasteiger partial charge in [-0.3, -0.25) is 4.79 Å². The van der Waals surface area contributed by atoms with Gasteiger partial charge in [0.25, 0.3) is 0 Å². The molecule has 74 valence electrons. The molecular formula is C9H7F2NO2. The Morgan fingerprint density at radius 2 is 2.00 bits per heavy atom. The summed E-state index contributed by atoms with van der Waals surface area (Å²) in [7, 11) is 0. The van der Waals surface area contributed by atoms with Crippen LogP contribution < -0.4 is 10.1 Å². The molecule has 1 amide bonds. The number of hydrogen-bond donors (Lipinski definition) is 1. The molecule has 1 aliphatic rings. The summed E-state index contributed by atoms with van der Waals surface area (Å²) in [6.45, 7) is 0.171. The van der Waals surface area contributed by atoms with E-state index in [2.05, 4.69) is 5.32 Å². The molecule has 5 heteroatoms. The van der Waals surface area contributed by atoms with Crippen LogP contribution in [0.4, 0.5) is 14.5 Å². The highest BCUT2D eigenvalue weighted by Gasteiger charge is 2.16. The minimum absolute atomic E-state index is 0.162. The van der Waals surface area contributed by atoms with Gasteiger partial charge >= 0.3 is 0 Å². The van der Waals surface area contributed by atoms with Gasteiger partial charge in [-0.1, -0.05) is 0 Å². The maximum Gasteiger partial charge on any atom is 0.227 e. The Bertz CT molecular complexity index is 393. The Balaban J connectivity index is 2.46. The van der Waals surface area contributed by atoms with Crippen LogP contribution in [0.1, 0.15) is 6.42 Å². The predicted octanol–water partition coefficient (Wildman–Crippen LogP) is 1.69. The number of benzene rings is 1. The quantitative estimate of drug-likeness (QED) is 0.690. The lowest BCUT2D eigenvalue weighted by Gasteiger charge is -2.06. The molecule has 1 aromatic carbocycles. The molecule has 0 unspecified atom stereocenters. The Hall–Kier alpha value is -1.65. The van der Waals surface area contributed by atoms with Crippen molar-refractivity contribution in [1.29, 1.82) is 0 Å². The third-order valence-electron chi connectivity index (χ3n) is 1.88. The van der Waals surface area contributed by atoms with Crippen LogP contribution in [0.5, 0.6) is 5.75 Å². The topological polar surface area (TPSA) is 38.3 Å². The molecule has 0 fully saturated rings. The standard InChI is InChI=1S/C9H7F2NO2/c10-5-3-7-8(4-6(5)11)14-2-1-9(13)12-7/h3-4H,1-2H2,(H,12,13). The van der Waals surface area contributed by atoms with Crippen molar-refractivity contribution in [1.82, 2.24) is 0 Å². The van der Waals surface area contributed by atoms with Gasteiger partial charge in [0.2, 0.25) is 5.91 Å². The number of rotatable bonds is 0. The fourth-order valence-corrected chi connectivity index (χ4v) is 1.21. The van der Waals surface area contributed by atoms with Crippen LogP contribution in [0, 0.1) is 11.6 Å². The normalized spacial score (nSPS) is 15.1. The molecule has 0 radical (unpaired) electrons. The zero-order chi connectivity index (χ0) is 10.1. The van der Waals surface area contributed by atoms with Crippen molar-refractivity contribution in [2.24, 2.45) is 0 Å². The highest BCUT2D eigenvalue weighted by atomic mass is 19.2. The molecule has 0 aliphatic carbocycles. The largest absolute Gasteiger partial charge is 0.491 e. The van der Waals surface area contributed by atoms with E-state index in [1.165, 1.54) is 0 Å². The molecule has 1 N–H and O–H groups in total. The van der Waals surface area contributed by atoms with E-state index in [1.807, 2.05) is 0 Å². The molecule has 2 rings (SSSR count). The first kappa shape index (κ1) is 8.93. The molecular weight excluding hydrogens is 192 g/mol. The molecule has 0 saturated heterocycles. The van der Waals surface area contributed by atoms with Crippen LogP contribution in [0.2, 0.25) is 0 Å². The molecule has 0 atom stereocenters. The van der Waals surface area contributed by atoms with Gasteiger partial charge in [0.15, 0.2) is 11.6 Å². The first-order chi connectivity index (χ1) is 6.66. The number of nitrogens with one attached hydrogen (secondary N) is 1. The summed E-state index contributed by atoms with van der Waals surface area (Å²) in [6, 6.07) is 1.84. The van der Waals surface area contributed by atoms with Gasteiger partial charge in [-0.25, -0.2) is 8.78 Å². The Morgan fingerprint density at radius 1 is 1.29 bits per heavy atom. The zero-order valence-corrected chi connectivity index (χ0v) is 7.14. The first-order valence-electron chi connectivity index (χ1n) is 4.08. The van der Waals surface area contributed by atoms with E-state index in [4.69, 9.17) is 4.74 Å². The smallest absolute Gasteiger partial charge is 0.227 e. The average Bonchev–Trinajstić information content (AvgIpc) is 2.28. The maximum absolute atomic E-state index is 12.8. The van der Waals surface area contributed by atoms with Crippen LogP contribution in [0.25, 0.3) is 0 Å². The summed E-state index contributed by atoms with van der Waals surface area (Å²) >= 11 is 0. The fraction of sp³-hybridized carbons (Fsp3) is 0.222. The van der Waals surface area contributed by atoms with E-state index in [9.17, 15) is 13.6 Å². The van der Waals surface area contributed by atoms with Gasteiger partial charge in [-0.2, -0.15) is 0 Å². The highest BCUT2D eigenvalue weighted by molar-refractivity contribution is 5.93. The van der Waals surface area contributed by atoms with Gasteiger partial charge in [-0.05, 0) is 0 Å². The Kier molecular flexibility index (Phi) is 2.07. The molecule has 1 aliphatic heterocycles. The summed E-state index contributed by atoms with van der Waals surface area (Å²) in [5.41, 5.74) is 0.173. The summed E-state index contributed by atoms with van der Waals surface area (Å²) in [4.78, 5) is 11.0. The van der Waals surface area contributed by atoms with E-state index in [-0.39, 0.29) is 30.4 Å². The average molecular weight is 199 g/mol. The molecule has 0 saturated carbocycles. The lowest BCUT2D eigenvalue weighted by atomic mass is 10.2. The van der Waals surface area contributed by atoms with Crippen LogP contribution in [0.15, 0.2) is 12.1 Å². The molecule has 0 aromatic heterocycles. The Labute approximate surface area is 78.7 Å². The number of amides is 1. The zero-order valence-electron chi connectivity index (χ0n) is 7.14. The third kappa shape index (κ3) is 1.53. The molecule has 0 bridgehead atoms. The van der Waals surface area contributed by atoms with Crippen LogP contribution in [0.3, 0.4) is 0 Å². The second-order valence-electron chi connectivity index (χ2n) is 2.91. The monoisotopic (exact) mass is 199 g/mol. The van der Waals surface area contributed by atoms with E-state index in [1.54, 1.807) is 0 Å². The number of carbonyl (C=O) groups is 1. The SMILES string of the molecule is O=C1CCOc2cc(F)c(F)cc2N1. The van der Waals surface area contributed by atoms with Gasteiger partial charge in [0.1, 0.15) is 5.75 Å². The third-order valence-corrected chi connectivity index (χ3v) is 1.88. The van der Waals surface area contributed by atoms with Crippen LogP contribution in [-0.4, -0.2) is 12.5 Å². The summed E-state index contributed by atoms with van der Waals surface area (Å²) in [5.74, 6) is -2.10. The number of carbonyl (C=O) groups excluding carboxylic acids is 1. The summed E-state index contributed by atoms with van der Waals surface area (Å²) in [5, 5.41) is 2.42. The second kappa shape index (κ2) is 3.25. The number of ether oxygens (including phenoxy) is 1. The van der Waals surface area contributed by atoms with E-state index < -0.39 is 11.6 Å². The van der Waals surface area contributed by atoms with Crippen molar-refractivity contribution in [3.05, 3.63) is 23.8 Å². The highest BCUT2D eigenvalue weighted by Crippen LogP contribution is 2.29. The molecule has 1 aromatic rings. The molecule has 3 nitrogen and oxygen atoms in total. The van der Waals surface area contributed by atoms with Crippen molar-refractivity contribution in [3.63, 3.8) is 0 Å². The predicted molar refractivity (Wildman–Crippen MR) is 45.1 cm³/mol. The van der Waals surface area contributed by atoms with Crippen molar-refractivity contribution < 1.29 is 18.3 Å². The fourth-order valence-electron chi connectivity index (χ4n) is 1.21. The number of fused-ring (bicyclic) bond motifs is 1. The van der Waals surface area contributed by atoms with Crippen molar-refractivity contribution in [2.45, 2.75) is 6.42 Å². The number of halogens is 2. The van der Waals surface area contributed by atoms with Crippen LogP contribution >= 0.6 is 0 Å². The number of anilines is 1. The minimum atomic E-state index is -1.01. The van der Waals surface area contributed by atoms with Crippen molar-refractivity contribution in [2.75, 3.05) is 11.9 Å². The van der Waals surface area contributed by atoms with Gasteiger partial charge < -0.3 is 10.1 Å². The van der Waals surface area contributed by atoms with Crippen molar-refractivity contribution >= 4 is 11.6 Å². The van der Waals surface area contributed by atoms with Crippen LogP contribution in [-0.2, 0) is 4.79 Å². The minimum Gasteiger partial charge on any atom is -0.491 e. The van der Waals surface area contributed by atoms with Gasteiger partial charge in [-0.15, -0.1) is 0 Å². The first-order valence-corrected chi connectivity index (χ1v) is 4.08. The lowest BCUT2D eigenvalue weighted by Crippen LogP contribution is -2.10. The summed E-state index contributed by atoms with van der Waals surface area (Å²) in [6.07, 6.45) is 0.178. The lowest BCUT2D eigenvalue weighted by molar-refractivity contribution is -0.116. The Morgan fingerprint density at radius 3 is 2.79 bits per heavy atom. The summed E-state index contributed by atoms with van der Waals surface area (Å²) < 4.78 is 30.6. The molecule has 1 heterocycles. The van der Waals surface area contributed by atoms with Gasteiger partial charge in [0, 0.05) is 12.1 Å².